The minimum Gasteiger partial charge on any atom is -0.494 e. The molecule has 3 rings (SSSR count). The number of aromatic nitrogens is 1. The van der Waals surface area contributed by atoms with Crippen LogP contribution in [-0.4, -0.2) is 28.8 Å². The number of carbonyl (C=O) groups is 3. The van der Waals surface area contributed by atoms with Gasteiger partial charge in [-0.25, -0.2) is 0 Å². The number of nitrogens with one attached hydrogen (secondary N) is 2. The van der Waals surface area contributed by atoms with E-state index in [1.165, 1.54) is 0 Å². The summed E-state index contributed by atoms with van der Waals surface area (Å²) < 4.78 is 7.16. The molecule has 0 fully saturated rings. The lowest BCUT2D eigenvalue weighted by Gasteiger charge is -2.12. The van der Waals surface area contributed by atoms with E-state index >= 15 is 0 Å². The van der Waals surface area contributed by atoms with Gasteiger partial charge in [-0.05, 0) is 55.5 Å². The summed E-state index contributed by atoms with van der Waals surface area (Å²) in [6, 6.07) is 17.6. The Hall–Kier alpha value is -3.87. The van der Waals surface area contributed by atoms with Crippen molar-refractivity contribution in [3.8, 4) is 11.4 Å². The van der Waals surface area contributed by atoms with Gasteiger partial charge in [-0.1, -0.05) is 12.1 Å². The predicted octanol–water partition coefficient (Wildman–Crippen LogP) is 3.30. The molecule has 3 aromatic rings. The fourth-order valence-corrected chi connectivity index (χ4v) is 2.92. The van der Waals surface area contributed by atoms with E-state index in [4.69, 9.17) is 4.74 Å². The van der Waals surface area contributed by atoms with Gasteiger partial charge in [-0.15, -0.1) is 0 Å². The molecule has 0 saturated carbocycles. The Labute approximate surface area is 174 Å². The van der Waals surface area contributed by atoms with E-state index in [0.717, 1.165) is 0 Å². The molecule has 0 aliphatic carbocycles. The minimum atomic E-state index is -0.443. The lowest BCUT2D eigenvalue weighted by Crippen LogP contribution is -2.42. The topological polar surface area (TPSA) is 89.4 Å². The van der Waals surface area contributed by atoms with E-state index in [-0.39, 0.29) is 18.6 Å². The lowest BCUT2D eigenvalue weighted by molar-refractivity contribution is -0.121. The average Bonchev–Trinajstić information content (AvgIpc) is 3.31. The summed E-state index contributed by atoms with van der Waals surface area (Å²) in [7, 11) is 0. The number of carbonyl (C=O) groups excluding carboxylic acids is 3. The highest BCUT2D eigenvalue weighted by Crippen LogP contribution is 2.15. The number of ether oxygens (including phenoxy) is 1. The molecule has 0 aliphatic rings. The highest BCUT2D eigenvalue weighted by molar-refractivity contribution is 6.00. The van der Waals surface area contributed by atoms with Gasteiger partial charge in [0, 0.05) is 30.8 Å². The molecule has 1 aromatic heterocycles. The van der Waals surface area contributed by atoms with Crippen LogP contribution in [0.5, 0.6) is 5.75 Å². The maximum Gasteiger partial charge on any atom is 0.271 e. The van der Waals surface area contributed by atoms with Crippen LogP contribution >= 0.6 is 0 Å². The second-order valence-electron chi connectivity index (χ2n) is 6.49. The summed E-state index contributed by atoms with van der Waals surface area (Å²) in [4.78, 5) is 36.8. The SMILES string of the molecule is CCOc1ccc(C(=O)CCC(=O)NNC(=O)c2ccccc2-n2cccc2)cc1. The van der Waals surface area contributed by atoms with Crippen molar-refractivity contribution >= 4 is 17.6 Å². The highest BCUT2D eigenvalue weighted by atomic mass is 16.5. The Kier molecular flexibility index (Phi) is 7.00. The summed E-state index contributed by atoms with van der Waals surface area (Å²) in [6.45, 7) is 2.44. The van der Waals surface area contributed by atoms with Crippen molar-refractivity contribution in [1.82, 2.24) is 15.4 Å². The zero-order chi connectivity index (χ0) is 21.3. The molecule has 0 saturated heterocycles. The van der Waals surface area contributed by atoms with E-state index in [9.17, 15) is 14.4 Å². The molecule has 0 atom stereocenters. The van der Waals surface area contributed by atoms with Crippen molar-refractivity contribution in [3.63, 3.8) is 0 Å². The summed E-state index contributed by atoms with van der Waals surface area (Å²) >= 11 is 0. The molecular formula is C23H23N3O4. The number of para-hydroxylation sites is 1. The molecule has 30 heavy (non-hydrogen) atoms. The first-order chi connectivity index (χ1) is 14.6. The molecule has 0 radical (unpaired) electrons. The van der Waals surface area contributed by atoms with Crippen LogP contribution in [0.1, 0.15) is 40.5 Å². The number of amides is 2. The van der Waals surface area contributed by atoms with Crippen molar-refractivity contribution in [2.24, 2.45) is 0 Å². The van der Waals surface area contributed by atoms with Crippen LogP contribution in [0.25, 0.3) is 5.69 Å². The zero-order valence-electron chi connectivity index (χ0n) is 16.6. The maximum absolute atomic E-state index is 12.5. The number of ketones is 1. The third kappa shape index (κ3) is 5.35. The van der Waals surface area contributed by atoms with Crippen molar-refractivity contribution in [3.05, 3.63) is 84.2 Å². The summed E-state index contributed by atoms with van der Waals surface area (Å²) in [6.07, 6.45) is 3.66. The fourth-order valence-electron chi connectivity index (χ4n) is 2.92. The van der Waals surface area contributed by atoms with Gasteiger partial charge in [0.25, 0.3) is 5.91 Å². The first-order valence-electron chi connectivity index (χ1n) is 9.66. The zero-order valence-corrected chi connectivity index (χ0v) is 16.6. The van der Waals surface area contributed by atoms with Crippen LogP contribution in [-0.2, 0) is 4.79 Å². The standard InChI is InChI=1S/C23H23N3O4/c1-2-30-18-11-9-17(10-12-18)21(27)13-14-22(28)24-25-23(29)19-7-3-4-8-20(19)26-15-5-6-16-26/h3-12,15-16H,2,13-14H2,1H3,(H,24,28)(H,25,29). The predicted molar refractivity (Wildman–Crippen MR) is 113 cm³/mol. The number of nitrogens with zero attached hydrogens (tertiary/aromatic N) is 1. The van der Waals surface area contributed by atoms with E-state index in [1.807, 2.05) is 48.1 Å². The van der Waals surface area contributed by atoms with Gasteiger partial charge in [-0.2, -0.15) is 0 Å². The Morgan fingerprint density at radius 3 is 2.27 bits per heavy atom. The molecule has 2 amide bonds. The number of hydrogen-bond acceptors (Lipinski definition) is 4. The van der Waals surface area contributed by atoms with Gasteiger partial charge in [0.15, 0.2) is 5.78 Å². The fraction of sp³-hybridized carbons (Fsp3) is 0.174. The second-order valence-corrected chi connectivity index (χ2v) is 6.49. The third-order valence-electron chi connectivity index (χ3n) is 4.41. The van der Waals surface area contributed by atoms with Crippen LogP contribution in [0, 0.1) is 0 Å². The van der Waals surface area contributed by atoms with Gasteiger partial charge in [0.05, 0.1) is 17.9 Å². The number of benzene rings is 2. The van der Waals surface area contributed by atoms with Gasteiger partial charge < -0.3 is 9.30 Å². The van der Waals surface area contributed by atoms with Gasteiger partial charge in [-0.3, -0.25) is 25.2 Å². The first-order valence-corrected chi connectivity index (χ1v) is 9.66. The first kappa shape index (κ1) is 20.9. The maximum atomic E-state index is 12.5. The molecule has 154 valence electrons. The normalized spacial score (nSPS) is 10.3. The van der Waals surface area contributed by atoms with Crippen LogP contribution in [0.4, 0.5) is 0 Å². The summed E-state index contributed by atoms with van der Waals surface area (Å²) in [5.74, 6) is -0.348. The quantitative estimate of drug-likeness (QED) is 0.445. The van der Waals surface area contributed by atoms with Crippen molar-refractivity contribution in [2.75, 3.05) is 6.61 Å². The van der Waals surface area contributed by atoms with Gasteiger partial charge in [0.1, 0.15) is 5.75 Å². The highest BCUT2D eigenvalue weighted by Gasteiger charge is 2.14. The molecule has 0 bridgehead atoms. The largest absolute Gasteiger partial charge is 0.494 e. The van der Waals surface area contributed by atoms with Crippen molar-refractivity contribution in [2.45, 2.75) is 19.8 Å². The molecule has 7 heteroatoms. The molecule has 0 unspecified atom stereocenters. The molecule has 2 N–H and O–H groups in total. The number of rotatable bonds is 8. The molecule has 7 nitrogen and oxygen atoms in total. The van der Waals surface area contributed by atoms with E-state index in [2.05, 4.69) is 10.9 Å². The van der Waals surface area contributed by atoms with Crippen LogP contribution in [0.3, 0.4) is 0 Å². The number of hydrazine groups is 1. The second kappa shape index (κ2) is 10.1. The summed E-state index contributed by atoms with van der Waals surface area (Å²) in [5, 5.41) is 0. The van der Waals surface area contributed by atoms with Crippen molar-refractivity contribution < 1.29 is 19.1 Å². The number of hydrogen-bond donors (Lipinski definition) is 2. The Balaban J connectivity index is 1.50. The average molecular weight is 405 g/mol. The van der Waals surface area contributed by atoms with E-state index < -0.39 is 11.8 Å². The van der Waals surface area contributed by atoms with E-state index in [1.54, 1.807) is 36.4 Å². The number of Topliss-reactive ketones (excluding diaryl/α,β-unsaturated/α-hetero) is 1. The Morgan fingerprint density at radius 1 is 0.867 bits per heavy atom. The minimum absolute atomic E-state index is 0.0361. The van der Waals surface area contributed by atoms with Crippen LogP contribution in [0.2, 0.25) is 0 Å². The molecular weight excluding hydrogens is 382 g/mol. The van der Waals surface area contributed by atoms with Crippen molar-refractivity contribution in [1.29, 1.82) is 0 Å². The van der Waals surface area contributed by atoms with Gasteiger partial charge >= 0.3 is 0 Å². The molecule has 1 heterocycles. The smallest absolute Gasteiger partial charge is 0.271 e. The lowest BCUT2D eigenvalue weighted by atomic mass is 10.1. The van der Waals surface area contributed by atoms with Crippen LogP contribution < -0.4 is 15.6 Å². The Bertz CT molecular complexity index is 1010. The monoisotopic (exact) mass is 405 g/mol. The van der Waals surface area contributed by atoms with E-state index in [0.29, 0.717) is 29.2 Å². The molecule has 0 aliphatic heterocycles. The van der Waals surface area contributed by atoms with Crippen LogP contribution in [0.15, 0.2) is 73.1 Å². The molecule has 2 aromatic carbocycles. The third-order valence-corrected chi connectivity index (χ3v) is 4.41. The van der Waals surface area contributed by atoms with Gasteiger partial charge in [0.2, 0.25) is 5.91 Å². The summed E-state index contributed by atoms with van der Waals surface area (Å²) in [5.41, 5.74) is 6.39. The Morgan fingerprint density at radius 2 is 1.57 bits per heavy atom. The molecule has 0 spiro atoms.